The first-order chi connectivity index (χ1) is 6.79. The second kappa shape index (κ2) is 4.19. The fraction of sp³-hybridized carbons (Fsp3) is 0.100. The Hall–Kier alpha value is -0.740. The molecule has 72 valence electrons. The maximum absolute atomic E-state index is 4.19. The van der Waals surface area contributed by atoms with Crippen molar-refractivity contribution in [1.29, 1.82) is 0 Å². The average Bonchev–Trinajstić information content (AvgIpc) is 2.66. The number of nitrogens with zero attached hydrogens (tertiary/aromatic N) is 1. The number of hydrogen-bond acceptors (Lipinski definition) is 2. The summed E-state index contributed by atoms with van der Waals surface area (Å²) in [6.45, 7) is 0. The minimum absolute atomic E-state index is 0.633. The normalized spacial score (nSPS) is 10.4. The van der Waals surface area contributed by atoms with Gasteiger partial charge in [-0.15, -0.1) is 0 Å². The number of halogens is 1. The van der Waals surface area contributed by atoms with Crippen LogP contribution in [0.3, 0.4) is 0 Å². The first-order valence-corrected chi connectivity index (χ1v) is 5.63. The molecule has 2 nitrogen and oxygen atoms in total. The Morgan fingerprint density at radius 1 is 1.43 bits per heavy atom. The maximum Gasteiger partial charge on any atom is 0.116 e. The van der Waals surface area contributed by atoms with Crippen LogP contribution in [-0.2, 0) is 5.75 Å². The monoisotopic (exact) mass is 268 g/mol. The minimum atomic E-state index is 0.633. The zero-order valence-corrected chi connectivity index (χ0v) is 9.85. The molecule has 1 aromatic heterocycles. The summed E-state index contributed by atoms with van der Waals surface area (Å²) in [5.74, 6) is 1.52. The van der Waals surface area contributed by atoms with Gasteiger partial charge in [0.2, 0.25) is 0 Å². The number of nitrogens with one attached hydrogen (secondary N) is 1. The molecule has 0 aliphatic carbocycles. The Labute approximate surface area is 96.3 Å². The van der Waals surface area contributed by atoms with Crippen molar-refractivity contribution >= 4 is 28.6 Å². The molecule has 0 spiro atoms. The van der Waals surface area contributed by atoms with Crippen LogP contribution in [0.2, 0.25) is 0 Å². The number of H-pyrrole nitrogens is 1. The summed E-state index contributed by atoms with van der Waals surface area (Å²) in [7, 11) is 0. The van der Waals surface area contributed by atoms with Gasteiger partial charge in [0, 0.05) is 15.8 Å². The molecule has 14 heavy (non-hydrogen) atoms. The lowest BCUT2D eigenvalue weighted by molar-refractivity contribution is 1.13. The van der Waals surface area contributed by atoms with Crippen LogP contribution >= 0.6 is 28.6 Å². The van der Waals surface area contributed by atoms with Crippen LogP contribution in [0.5, 0.6) is 0 Å². The van der Waals surface area contributed by atoms with E-state index in [2.05, 4.69) is 44.6 Å². The molecule has 2 rings (SSSR count). The third kappa shape index (κ3) is 2.01. The van der Waals surface area contributed by atoms with E-state index in [1.807, 2.05) is 24.4 Å². The molecule has 0 aliphatic rings. The van der Waals surface area contributed by atoms with Gasteiger partial charge in [-0.25, -0.2) is 4.98 Å². The van der Waals surface area contributed by atoms with Crippen molar-refractivity contribution in [2.45, 2.75) is 5.75 Å². The Morgan fingerprint density at radius 2 is 2.29 bits per heavy atom. The number of aromatic nitrogens is 2. The molecule has 0 saturated carbocycles. The van der Waals surface area contributed by atoms with Gasteiger partial charge in [0.05, 0.1) is 11.9 Å². The second-order valence-corrected chi connectivity index (χ2v) is 4.14. The molecule has 0 bridgehead atoms. The highest BCUT2D eigenvalue weighted by Crippen LogP contribution is 2.21. The molecular weight excluding hydrogens is 260 g/mol. The van der Waals surface area contributed by atoms with Gasteiger partial charge in [-0.05, 0) is 12.1 Å². The van der Waals surface area contributed by atoms with E-state index in [1.165, 1.54) is 0 Å². The van der Waals surface area contributed by atoms with Crippen LogP contribution in [0.1, 0.15) is 5.82 Å². The summed E-state index contributed by atoms with van der Waals surface area (Å²) >= 11 is 7.59. The Bertz CT molecular complexity index is 439. The van der Waals surface area contributed by atoms with Crippen molar-refractivity contribution in [3.05, 3.63) is 40.8 Å². The van der Waals surface area contributed by atoms with Gasteiger partial charge in [0.1, 0.15) is 5.82 Å². The highest BCUT2D eigenvalue weighted by molar-refractivity contribution is 9.10. The number of hydrogen-bond donors (Lipinski definition) is 2. The van der Waals surface area contributed by atoms with Crippen molar-refractivity contribution in [3.63, 3.8) is 0 Å². The molecule has 2 aromatic rings. The van der Waals surface area contributed by atoms with E-state index in [-0.39, 0.29) is 0 Å². The van der Waals surface area contributed by atoms with Gasteiger partial charge in [-0.3, -0.25) is 0 Å². The van der Waals surface area contributed by atoms with Crippen molar-refractivity contribution in [3.8, 4) is 11.3 Å². The van der Waals surface area contributed by atoms with Crippen molar-refractivity contribution in [2.75, 3.05) is 0 Å². The van der Waals surface area contributed by atoms with E-state index >= 15 is 0 Å². The molecule has 1 heterocycles. The second-order valence-electron chi connectivity index (χ2n) is 2.91. The zero-order valence-electron chi connectivity index (χ0n) is 7.37. The fourth-order valence-corrected chi connectivity index (χ4v) is 1.81. The standard InChI is InChI=1S/C10H9BrN2S/c11-8-3-1-2-7(4-8)9-5-12-10(6-14)13-9/h1-5,14H,6H2,(H,12,13). The summed E-state index contributed by atoms with van der Waals surface area (Å²) in [4.78, 5) is 7.39. The Morgan fingerprint density at radius 3 is 2.93 bits per heavy atom. The predicted molar refractivity (Wildman–Crippen MR) is 64.4 cm³/mol. The van der Waals surface area contributed by atoms with Crippen LogP contribution < -0.4 is 0 Å². The summed E-state index contributed by atoms with van der Waals surface area (Å²) in [6, 6.07) is 8.09. The number of thiol groups is 1. The van der Waals surface area contributed by atoms with E-state index in [9.17, 15) is 0 Å². The fourth-order valence-electron chi connectivity index (χ4n) is 1.25. The van der Waals surface area contributed by atoms with Crippen LogP contribution in [-0.4, -0.2) is 9.97 Å². The molecule has 1 aromatic carbocycles. The van der Waals surface area contributed by atoms with Crippen molar-refractivity contribution in [1.82, 2.24) is 9.97 Å². The SMILES string of the molecule is SCc1ncc(-c2cccc(Br)c2)[nH]1. The lowest BCUT2D eigenvalue weighted by atomic mass is 10.2. The smallest absolute Gasteiger partial charge is 0.116 e. The van der Waals surface area contributed by atoms with E-state index in [1.54, 1.807) is 0 Å². The minimum Gasteiger partial charge on any atom is -0.341 e. The van der Waals surface area contributed by atoms with Gasteiger partial charge in [0.25, 0.3) is 0 Å². The molecule has 4 heteroatoms. The van der Waals surface area contributed by atoms with Gasteiger partial charge >= 0.3 is 0 Å². The Kier molecular flexibility index (Phi) is 2.93. The largest absolute Gasteiger partial charge is 0.341 e. The van der Waals surface area contributed by atoms with Gasteiger partial charge < -0.3 is 4.98 Å². The topological polar surface area (TPSA) is 28.7 Å². The summed E-state index contributed by atoms with van der Waals surface area (Å²) < 4.78 is 1.07. The molecule has 0 fully saturated rings. The number of imidazole rings is 1. The Balaban J connectivity index is 2.39. The van der Waals surface area contributed by atoms with E-state index < -0.39 is 0 Å². The third-order valence-electron chi connectivity index (χ3n) is 1.91. The van der Waals surface area contributed by atoms with Gasteiger partial charge in [-0.1, -0.05) is 28.1 Å². The van der Waals surface area contributed by atoms with Crippen LogP contribution in [0.4, 0.5) is 0 Å². The van der Waals surface area contributed by atoms with Gasteiger partial charge in [0.15, 0.2) is 0 Å². The van der Waals surface area contributed by atoms with Gasteiger partial charge in [-0.2, -0.15) is 12.6 Å². The molecule has 0 saturated heterocycles. The van der Waals surface area contributed by atoms with E-state index in [0.29, 0.717) is 5.75 Å². The summed E-state index contributed by atoms with van der Waals surface area (Å²) in [5, 5.41) is 0. The zero-order chi connectivity index (χ0) is 9.97. The van der Waals surface area contributed by atoms with Crippen LogP contribution in [0.25, 0.3) is 11.3 Å². The molecular formula is C10H9BrN2S. The van der Waals surface area contributed by atoms with Crippen molar-refractivity contribution < 1.29 is 0 Å². The number of aromatic amines is 1. The lowest BCUT2D eigenvalue weighted by Gasteiger charge is -1.97. The maximum atomic E-state index is 4.19. The van der Waals surface area contributed by atoms with Crippen LogP contribution in [0, 0.1) is 0 Å². The molecule has 0 atom stereocenters. The quantitative estimate of drug-likeness (QED) is 0.805. The predicted octanol–water partition coefficient (Wildman–Crippen LogP) is 3.27. The first-order valence-electron chi connectivity index (χ1n) is 4.20. The summed E-state index contributed by atoms with van der Waals surface area (Å²) in [6.07, 6.45) is 1.83. The highest BCUT2D eigenvalue weighted by atomic mass is 79.9. The molecule has 0 unspecified atom stereocenters. The molecule has 1 N–H and O–H groups in total. The molecule has 0 radical (unpaired) electrons. The van der Waals surface area contributed by atoms with Crippen molar-refractivity contribution in [2.24, 2.45) is 0 Å². The molecule has 0 amide bonds. The third-order valence-corrected chi connectivity index (χ3v) is 2.71. The lowest BCUT2D eigenvalue weighted by Crippen LogP contribution is -1.80. The first kappa shape index (κ1) is 9.80. The van der Waals surface area contributed by atoms with E-state index in [4.69, 9.17) is 0 Å². The van der Waals surface area contributed by atoms with E-state index in [0.717, 1.165) is 21.6 Å². The summed E-state index contributed by atoms with van der Waals surface area (Å²) in [5.41, 5.74) is 2.15. The number of benzene rings is 1. The average molecular weight is 269 g/mol. The highest BCUT2D eigenvalue weighted by Gasteiger charge is 2.01. The van der Waals surface area contributed by atoms with Crippen LogP contribution in [0.15, 0.2) is 34.9 Å². The molecule has 0 aliphatic heterocycles. The number of rotatable bonds is 2.